The summed E-state index contributed by atoms with van der Waals surface area (Å²) in [5.74, 6) is 3.59. The second-order valence-electron chi connectivity index (χ2n) is 9.67. The van der Waals surface area contributed by atoms with Gasteiger partial charge in [-0.3, -0.25) is 0 Å². The molecular weight excluding hydrogens is 621 g/mol. The van der Waals surface area contributed by atoms with Crippen molar-refractivity contribution in [1.29, 1.82) is 0 Å². The molecule has 2 amide bonds. The molecule has 10 nitrogen and oxygen atoms in total. The van der Waals surface area contributed by atoms with Crippen LogP contribution in [0.5, 0.6) is 17.2 Å². The molecule has 3 aromatic carbocycles. The SMILES string of the molecule is C#CCS/C(=N\C(=O)Nc1ccc(OCc2ncn(-c3ccc(OC(F)(F)F)cc3)n2)cc1OC)Nc1cc(C)ccc1CCC. The number of thioether (sulfide) groups is 1. The number of carbonyl (C=O) groups is 1. The Morgan fingerprint density at radius 3 is 2.52 bits per heavy atom. The number of hydrogen-bond acceptors (Lipinski definition) is 7. The second-order valence-corrected chi connectivity index (χ2v) is 10.6. The largest absolute Gasteiger partial charge is 0.573 e. The van der Waals surface area contributed by atoms with Crippen LogP contribution in [-0.4, -0.2) is 45.2 Å². The number of ether oxygens (including phenoxy) is 3. The van der Waals surface area contributed by atoms with Crippen LogP contribution in [0.3, 0.4) is 0 Å². The number of alkyl halides is 3. The summed E-state index contributed by atoms with van der Waals surface area (Å²) in [6.45, 7) is 4.08. The van der Waals surface area contributed by atoms with E-state index in [4.69, 9.17) is 15.9 Å². The average molecular weight is 653 g/mol. The first-order chi connectivity index (χ1) is 22.1. The molecule has 0 saturated heterocycles. The number of nitrogens with zero attached hydrogens (tertiary/aromatic N) is 4. The minimum Gasteiger partial charge on any atom is -0.494 e. The zero-order valence-electron chi connectivity index (χ0n) is 25.2. The topological polar surface area (TPSA) is 112 Å². The number of carbonyl (C=O) groups excluding carboxylic acids is 1. The zero-order chi connectivity index (χ0) is 33.1. The molecule has 0 saturated carbocycles. The number of aromatic nitrogens is 3. The Morgan fingerprint density at radius 1 is 1.07 bits per heavy atom. The number of aliphatic imine (C=N–C) groups is 1. The molecule has 4 aromatic rings. The van der Waals surface area contributed by atoms with Gasteiger partial charge in [-0.15, -0.1) is 24.7 Å². The summed E-state index contributed by atoms with van der Waals surface area (Å²) in [7, 11) is 1.45. The van der Waals surface area contributed by atoms with Crippen molar-refractivity contribution < 1.29 is 32.2 Å². The van der Waals surface area contributed by atoms with Crippen LogP contribution < -0.4 is 24.8 Å². The van der Waals surface area contributed by atoms with Crippen molar-refractivity contribution in [3.05, 3.63) is 83.9 Å². The Morgan fingerprint density at radius 2 is 1.83 bits per heavy atom. The number of urea groups is 1. The van der Waals surface area contributed by atoms with Crippen molar-refractivity contribution in [3.63, 3.8) is 0 Å². The Kier molecular flexibility index (Phi) is 11.5. The van der Waals surface area contributed by atoms with Gasteiger partial charge >= 0.3 is 12.4 Å². The van der Waals surface area contributed by atoms with E-state index in [0.29, 0.717) is 39.6 Å². The van der Waals surface area contributed by atoms with Crippen LogP contribution in [0.25, 0.3) is 5.69 Å². The highest BCUT2D eigenvalue weighted by Crippen LogP contribution is 2.30. The number of amidine groups is 1. The predicted molar refractivity (Wildman–Crippen MR) is 172 cm³/mol. The fraction of sp³-hybridized carbons (Fsp3) is 0.250. The maximum atomic E-state index is 13.0. The van der Waals surface area contributed by atoms with Crippen molar-refractivity contribution in [1.82, 2.24) is 14.8 Å². The molecule has 14 heteroatoms. The van der Waals surface area contributed by atoms with Gasteiger partial charge in [-0.1, -0.05) is 43.2 Å². The van der Waals surface area contributed by atoms with Gasteiger partial charge in [0, 0.05) is 11.8 Å². The van der Waals surface area contributed by atoms with E-state index in [0.717, 1.165) is 29.7 Å². The minimum absolute atomic E-state index is 0.0121. The molecule has 1 aromatic heterocycles. The van der Waals surface area contributed by atoms with Crippen LogP contribution in [0.2, 0.25) is 0 Å². The molecule has 0 aliphatic heterocycles. The zero-order valence-corrected chi connectivity index (χ0v) is 26.0. The molecule has 0 unspecified atom stereocenters. The van der Waals surface area contributed by atoms with E-state index in [2.05, 4.69) is 49.4 Å². The quantitative estimate of drug-likeness (QED) is 0.0981. The maximum Gasteiger partial charge on any atom is 0.573 e. The number of rotatable bonds is 11. The van der Waals surface area contributed by atoms with Crippen LogP contribution in [-0.2, 0) is 13.0 Å². The van der Waals surface area contributed by atoms with E-state index >= 15 is 0 Å². The molecule has 1 heterocycles. The molecule has 4 rings (SSSR count). The molecule has 240 valence electrons. The summed E-state index contributed by atoms with van der Waals surface area (Å²) in [4.78, 5) is 21.3. The predicted octanol–water partition coefficient (Wildman–Crippen LogP) is 7.38. The Labute approximate surface area is 268 Å². The number of amides is 2. The van der Waals surface area contributed by atoms with Gasteiger partial charge in [0.15, 0.2) is 11.0 Å². The van der Waals surface area contributed by atoms with Gasteiger partial charge in [0.1, 0.15) is 30.2 Å². The fourth-order valence-corrected chi connectivity index (χ4v) is 4.70. The third kappa shape index (κ3) is 9.93. The highest BCUT2D eigenvalue weighted by molar-refractivity contribution is 8.14. The molecule has 2 N–H and O–H groups in total. The fourth-order valence-electron chi connectivity index (χ4n) is 4.15. The highest BCUT2D eigenvalue weighted by Gasteiger charge is 2.31. The first-order valence-corrected chi connectivity index (χ1v) is 15.0. The molecule has 0 fully saturated rings. The lowest BCUT2D eigenvalue weighted by molar-refractivity contribution is -0.274. The summed E-state index contributed by atoms with van der Waals surface area (Å²) in [6.07, 6.45) is 3.92. The van der Waals surface area contributed by atoms with Gasteiger partial charge in [0.05, 0.1) is 24.2 Å². The lowest BCUT2D eigenvalue weighted by atomic mass is 10.1. The summed E-state index contributed by atoms with van der Waals surface area (Å²) >= 11 is 1.24. The number of benzene rings is 3. The minimum atomic E-state index is -4.78. The standard InChI is InChI=1S/C32H31F3N6O4S/c1-5-7-22-9-8-21(3)17-27(22)38-31(46-16-6-2)39-30(42)37-26-15-14-25(18-28(26)43-4)44-19-29-36-20-41(40-29)23-10-12-24(13-11-23)45-32(33,34)35/h2,8-15,17-18,20H,5,7,16,19H2,1,3-4H3,(H2,37,38,39,42). The van der Waals surface area contributed by atoms with Crippen molar-refractivity contribution in [2.75, 3.05) is 23.5 Å². The lowest BCUT2D eigenvalue weighted by Crippen LogP contribution is -2.17. The maximum absolute atomic E-state index is 13.0. The molecule has 0 aliphatic rings. The summed E-state index contributed by atoms with van der Waals surface area (Å²) in [6, 6.07) is 15.5. The number of methoxy groups -OCH3 is 1. The Bertz CT molecular complexity index is 1720. The average Bonchev–Trinajstić information content (AvgIpc) is 3.49. The molecule has 0 atom stereocenters. The Balaban J connectivity index is 1.40. The van der Waals surface area contributed by atoms with Crippen LogP contribution in [0.1, 0.15) is 30.3 Å². The van der Waals surface area contributed by atoms with E-state index in [9.17, 15) is 18.0 Å². The van der Waals surface area contributed by atoms with E-state index < -0.39 is 12.4 Å². The Hall–Kier alpha value is -5.16. The van der Waals surface area contributed by atoms with Crippen LogP contribution >= 0.6 is 11.8 Å². The number of hydrogen-bond donors (Lipinski definition) is 2. The van der Waals surface area contributed by atoms with Gasteiger partial charge in [-0.25, -0.2) is 14.5 Å². The van der Waals surface area contributed by atoms with Gasteiger partial charge in [0.2, 0.25) is 0 Å². The molecular formula is C32H31F3N6O4S. The van der Waals surface area contributed by atoms with Crippen LogP contribution in [0.15, 0.2) is 72.0 Å². The number of halogens is 3. The van der Waals surface area contributed by atoms with E-state index in [-0.39, 0.29) is 12.4 Å². The van der Waals surface area contributed by atoms with E-state index in [1.807, 2.05) is 19.1 Å². The van der Waals surface area contributed by atoms with Gasteiger partial charge in [-0.05, 0) is 66.9 Å². The van der Waals surface area contributed by atoms with Crippen LogP contribution in [0.4, 0.5) is 29.3 Å². The van der Waals surface area contributed by atoms with Gasteiger partial charge in [0.25, 0.3) is 0 Å². The lowest BCUT2D eigenvalue weighted by Gasteiger charge is -2.14. The highest BCUT2D eigenvalue weighted by atomic mass is 32.2. The molecule has 0 radical (unpaired) electrons. The molecule has 0 aliphatic carbocycles. The van der Waals surface area contributed by atoms with E-state index in [1.165, 1.54) is 54.1 Å². The number of nitrogens with one attached hydrogen (secondary N) is 2. The summed E-state index contributed by atoms with van der Waals surface area (Å²) < 4.78 is 53.8. The first-order valence-electron chi connectivity index (χ1n) is 14.0. The smallest absolute Gasteiger partial charge is 0.494 e. The number of aryl methyl sites for hydroxylation is 2. The summed E-state index contributed by atoms with van der Waals surface area (Å²) in [5, 5.41) is 10.6. The van der Waals surface area contributed by atoms with Crippen molar-refractivity contribution in [3.8, 4) is 35.3 Å². The number of terminal acetylenes is 1. The van der Waals surface area contributed by atoms with Crippen molar-refractivity contribution in [2.45, 2.75) is 39.7 Å². The van der Waals surface area contributed by atoms with Gasteiger partial charge in [-0.2, -0.15) is 4.99 Å². The van der Waals surface area contributed by atoms with Gasteiger partial charge < -0.3 is 24.8 Å². The van der Waals surface area contributed by atoms with E-state index in [1.54, 1.807) is 18.2 Å². The first kappa shape index (κ1) is 33.7. The van der Waals surface area contributed by atoms with Crippen molar-refractivity contribution >= 4 is 34.3 Å². The van der Waals surface area contributed by atoms with Crippen molar-refractivity contribution in [2.24, 2.45) is 4.99 Å². The van der Waals surface area contributed by atoms with Crippen LogP contribution in [0, 0.1) is 19.3 Å². The second kappa shape index (κ2) is 15.7. The molecule has 46 heavy (non-hydrogen) atoms. The third-order valence-corrected chi connectivity index (χ3v) is 6.96. The summed E-state index contributed by atoms with van der Waals surface area (Å²) in [5.41, 5.74) is 3.89. The normalized spacial score (nSPS) is 11.5. The molecule has 0 bridgehead atoms. The molecule has 0 spiro atoms. The monoisotopic (exact) mass is 652 g/mol. The third-order valence-electron chi connectivity index (χ3n) is 6.18. The number of anilines is 2.